The van der Waals surface area contributed by atoms with E-state index in [2.05, 4.69) is 10.6 Å². The van der Waals surface area contributed by atoms with E-state index in [9.17, 15) is 18.0 Å². The predicted octanol–water partition coefficient (Wildman–Crippen LogP) is 3.64. The van der Waals surface area contributed by atoms with Crippen LogP contribution in [0, 0.1) is 5.41 Å². The van der Waals surface area contributed by atoms with Gasteiger partial charge in [0, 0.05) is 24.8 Å². The highest BCUT2D eigenvalue weighted by molar-refractivity contribution is 5.89. The summed E-state index contributed by atoms with van der Waals surface area (Å²) in [6.07, 6.45) is -1.38. The van der Waals surface area contributed by atoms with E-state index < -0.39 is 17.8 Å². The Hall–Kier alpha value is -1.76. The van der Waals surface area contributed by atoms with Crippen molar-refractivity contribution in [1.82, 2.24) is 5.32 Å². The van der Waals surface area contributed by atoms with Gasteiger partial charge in [0.15, 0.2) is 0 Å². The molecule has 7 heteroatoms. The number of anilines is 1. The summed E-state index contributed by atoms with van der Waals surface area (Å²) in [7, 11) is 1.61. The van der Waals surface area contributed by atoms with E-state index in [1.54, 1.807) is 7.11 Å². The summed E-state index contributed by atoms with van der Waals surface area (Å²) in [4.78, 5) is 11.8. The van der Waals surface area contributed by atoms with Crippen molar-refractivity contribution in [3.63, 3.8) is 0 Å². The van der Waals surface area contributed by atoms with E-state index in [4.69, 9.17) is 4.74 Å². The van der Waals surface area contributed by atoms with Crippen LogP contribution in [0.3, 0.4) is 0 Å². The summed E-state index contributed by atoms with van der Waals surface area (Å²) in [6, 6.07) is 4.04. The fraction of sp³-hybridized carbons (Fsp3) is 0.533. The van der Waals surface area contributed by atoms with Crippen molar-refractivity contribution < 1.29 is 22.7 Å². The lowest BCUT2D eigenvalue weighted by molar-refractivity contribution is -0.137. The fourth-order valence-corrected chi connectivity index (χ4v) is 2.57. The lowest BCUT2D eigenvalue weighted by atomic mass is 9.69. The average Bonchev–Trinajstić information content (AvgIpc) is 2.41. The van der Waals surface area contributed by atoms with E-state index in [-0.39, 0.29) is 11.1 Å². The monoisotopic (exact) mass is 316 g/mol. The second-order valence-corrected chi connectivity index (χ2v) is 5.67. The lowest BCUT2D eigenvalue weighted by Gasteiger charge is -2.41. The summed E-state index contributed by atoms with van der Waals surface area (Å²) in [5.74, 6) is 0. The van der Waals surface area contributed by atoms with E-state index >= 15 is 0 Å². The standard InChI is InChI=1S/C15H19F3N2O2/c1-22-10-14(6-3-7-14)9-19-13(21)20-12-5-2-4-11(8-12)15(16,17)18/h2,4-5,8H,3,6-7,9-10H2,1H3,(H2,19,20,21). The molecule has 1 fully saturated rings. The molecule has 0 heterocycles. The summed E-state index contributed by atoms with van der Waals surface area (Å²) in [6.45, 7) is 1.02. The Kier molecular flexibility index (Phi) is 4.95. The Bertz CT molecular complexity index is 528. The Morgan fingerprint density at radius 2 is 2.09 bits per heavy atom. The highest BCUT2D eigenvalue weighted by Gasteiger charge is 2.37. The number of benzene rings is 1. The topological polar surface area (TPSA) is 50.4 Å². The number of carbonyl (C=O) groups is 1. The first-order valence-corrected chi connectivity index (χ1v) is 7.06. The number of nitrogens with one attached hydrogen (secondary N) is 2. The molecule has 2 amide bonds. The maximum atomic E-state index is 12.6. The molecule has 0 aliphatic heterocycles. The van der Waals surface area contributed by atoms with Gasteiger partial charge < -0.3 is 15.4 Å². The van der Waals surface area contributed by atoms with Gasteiger partial charge in [0.2, 0.25) is 0 Å². The summed E-state index contributed by atoms with van der Waals surface area (Å²) in [5.41, 5.74) is -0.721. The number of alkyl halides is 3. The van der Waals surface area contributed by atoms with Crippen LogP contribution in [-0.2, 0) is 10.9 Å². The summed E-state index contributed by atoms with van der Waals surface area (Å²) >= 11 is 0. The van der Waals surface area contributed by atoms with Crippen LogP contribution in [0.15, 0.2) is 24.3 Å². The van der Waals surface area contributed by atoms with Crippen LogP contribution in [0.2, 0.25) is 0 Å². The zero-order valence-corrected chi connectivity index (χ0v) is 12.3. The van der Waals surface area contributed by atoms with Gasteiger partial charge in [0.1, 0.15) is 0 Å². The molecule has 1 aliphatic rings. The molecule has 0 aromatic heterocycles. The first kappa shape index (κ1) is 16.6. The minimum absolute atomic E-state index is 0.0418. The van der Waals surface area contributed by atoms with Crippen LogP contribution in [0.5, 0.6) is 0 Å². The lowest BCUT2D eigenvalue weighted by Crippen LogP contribution is -2.46. The van der Waals surface area contributed by atoms with Gasteiger partial charge in [-0.3, -0.25) is 0 Å². The first-order chi connectivity index (χ1) is 10.3. The Balaban J connectivity index is 1.89. The largest absolute Gasteiger partial charge is 0.416 e. The minimum atomic E-state index is -4.43. The normalized spacial score (nSPS) is 16.7. The Morgan fingerprint density at radius 1 is 1.36 bits per heavy atom. The Labute approximate surface area is 127 Å². The molecule has 1 saturated carbocycles. The van der Waals surface area contributed by atoms with Crippen molar-refractivity contribution in [2.45, 2.75) is 25.4 Å². The van der Waals surface area contributed by atoms with Gasteiger partial charge in [-0.15, -0.1) is 0 Å². The van der Waals surface area contributed by atoms with Crippen LogP contribution in [0.4, 0.5) is 23.7 Å². The molecule has 0 radical (unpaired) electrons. The number of ether oxygens (including phenoxy) is 1. The molecule has 1 aliphatic carbocycles. The number of halogens is 3. The maximum Gasteiger partial charge on any atom is 0.416 e. The van der Waals surface area contributed by atoms with Crippen molar-refractivity contribution in [3.8, 4) is 0 Å². The van der Waals surface area contributed by atoms with Crippen LogP contribution in [-0.4, -0.2) is 26.3 Å². The molecule has 1 aromatic carbocycles. The van der Waals surface area contributed by atoms with E-state index in [1.165, 1.54) is 12.1 Å². The number of rotatable bonds is 5. The van der Waals surface area contributed by atoms with Crippen molar-refractivity contribution in [2.75, 3.05) is 25.6 Å². The van der Waals surface area contributed by atoms with Gasteiger partial charge in [-0.05, 0) is 31.0 Å². The van der Waals surface area contributed by atoms with Crippen molar-refractivity contribution in [3.05, 3.63) is 29.8 Å². The summed E-state index contributed by atoms with van der Waals surface area (Å²) < 4.78 is 43.0. The molecule has 0 bridgehead atoms. The first-order valence-electron chi connectivity index (χ1n) is 7.06. The van der Waals surface area contributed by atoms with Gasteiger partial charge in [-0.25, -0.2) is 4.79 Å². The molecule has 122 valence electrons. The second kappa shape index (κ2) is 6.56. The van der Waals surface area contributed by atoms with Crippen LogP contribution in [0.1, 0.15) is 24.8 Å². The van der Waals surface area contributed by atoms with Crippen molar-refractivity contribution in [2.24, 2.45) is 5.41 Å². The highest BCUT2D eigenvalue weighted by Crippen LogP contribution is 2.40. The molecule has 1 aromatic rings. The molecule has 4 nitrogen and oxygen atoms in total. The number of hydrogen-bond acceptors (Lipinski definition) is 2. The number of carbonyl (C=O) groups excluding carboxylic acids is 1. The number of methoxy groups -OCH3 is 1. The molecule has 22 heavy (non-hydrogen) atoms. The molecule has 0 atom stereocenters. The van der Waals surface area contributed by atoms with Gasteiger partial charge in [-0.1, -0.05) is 12.5 Å². The van der Waals surface area contributed by atoms with Crippen LogP contribution in [0.25, 0.3) is 0 Å². The van der Waals surface area contributed by atoms with Crippen molar-refractivity contribution >= 4 is 11.7 Å². The van der Waals surface area contributed by atoms with Gasteiger partial charge in [-0.2, -0.15) is 13.2 Å². The van der Waals surface area contributed by atoms with E-state index in [1.807, 2.05) is 0 Å². The summed E-state index contributed by atoms with van der Waals surface area (Å²) in [5, 5.41) is 5.13. The Morgan fingerprint density at radius 3 is 2.64 bits per heavy atom. The maximum absolute atomic E-state index is 12.6. The molecular formula is C15H19F3N2O2. The average molecular weight is 316 g/mol. The number of amides is 2. The molecular weight excluding hydrogens is 297 g/mol. The predicted molar refractivity (Wildman–Crippen MR) is 76.6 cm³/mol. The zero-order valence-electron chi connectivity index (χ0n) is 12.3. The smallest absolute Gasteiger partial charge is 0.384 e. The quantitative estimate of drug-likeness (QED) is 0.871. The van der Waals surface area contributed by atoms with Gasteiger partial charge in [0.05, 0.1) is 12.2 Å². The van der Waals surface area contributed by atoms with Crippen LogP contribution < -0.4 is 10.6 Å². The third-order valence-electron chi connectivity index (χ3n) is 3.94. The van der Waals surface area contributed by atoms with Crippen LogP contribution >= 0.6 is 0 Å². The van der Waals surface area contributed by atoms with E-state index in [0.29, 0.717) is 13.2 Å². The minimum Gasteiger partial charge on any atom is -0.384 e. The number of hydrogen-bond donors (Lipinski definition) is 2. The van der Waals surface area contributed by atoms with Crippen molar-refractivity contribution in [1.29, 1.82) is 0 Å². The zero-order chi connectivity index (χ0) is 16.2. The number of urea groups is 1. The third kappa shape index (κ3) is 4.13. The molecule has 0 saturated heterocycles. The molecule has 0 spiro atoms. The van der Waals surface area contributed by atoms with Gasteiger partial charge in [0.25, 0.3) is 0 Å². The molecule has 2 rings (SSSR count). The molecule has 0 unspecified atom stereocenters. The second-order valence-electron chi connectivity index (χ2n) is 5.67. The third-order valence-corrected chi connectivity index (χ3v) is 3.94. The van der Waals surface area contributed by atoms with Gasteiger partial charge >= 0.3 is 12.2 Å². The van der Waals surface area contributed by atoms with E-state index in [0.717, 1.165) is 31.4 Å². The molecule has 2 N–H and O–H groups in total. The SMILES string of the molecule is COCC1(CNC(=O)Nc2cccc(C(F)(F)F)c2)CCC1. The highest BCUT2D eigenvalue weighted by atomic mass is 19.4. The fourth-order valence-electron chi connectivity index (χ4n) is 2.57.